The first kappa shape index (κ1) is 10.2. The Bertz CT molecular complexity index is 340. The van der Waals surface area contributed by atoms with E-state index in [1.165, 1.54) is 7.11 Å². The quantitative estimate of drug-likeness (QED) is 0.689. The number of primary amides is 1. The molecule has 0 unspecified atom stereocenters. The molecule has 0 fully saturated rings. The second-order valence-corrected chi connectivity index (χ2v) is 2.66. The summed E-state index contributed by atoms with van der Waals surface area (Å²) in [6.07, 6.45) is 0. The molecule has 1 rings (SSSR count). The maximum atomic E-state index is 10.5. The van der Waals surface area contributed by atoms with E-state index in [4.69, 9.17) is 10.5 Å². The Balaban J connectivity index is 2.76. The lowest BCUT2D eigenvalue weighted by Gasteiger charge is -2.05. The molecule has 0 aliphatic rings. The number of nitrogens with two attached hydrogens (primary N) is 1. The van der Waals surface area contributed by atoms with Crippen LogP contribution in [-0.4, -0.2) is 29.5 Å². The van der Waals surface area contributed by atoms with Crippen LogP contribution in [0.2, 0.25) is 0 Å². The van der Waals surface area contributed by atoms with Crippen LogP contribution in [0.3, 0.4) is 0 Å². The molecule has 0 saturated heterocycles. The molecule has 76 valence electrons. The molecule has 3 N–H and O–H groups in total. The monoisotopic (exact) mass is 196 g/mol. The van der Waals surface area contributed by atoms with E-state index in [2.05, 4.69) is 15.3 Å². The van der Waals surface area contributed by atoms with Crippen molar-refractivity contribution < 1.29 is 9.53 Å². The van der Waals surface area contributed by atoms with Crippen molar-refractivity contribution in [2.75, 3.05) is 19.0 Å². The van der Waals surface area contributed by atoms with Crippen LogP contribution in [-0.2, 0) is 4.79 Å². The predicted octanol–water partition coefficient (Wildman–Crippen LogP) is -0.309. The molecule has 0 spiro atoms. The molecule has 6 heteroatoms. The van der Waals surface area contributed by atoms with E-state index in [1.807, 2.05) is 0 Å². The number of ether oxygens (including phenoxy) is 1. The minimum absolute atomic E-state index is 0.0413. The summed E-state index contributed by atoms with van der Waals surface area (Å²) >= 11 is 0. The van der Waals surface area contributed by atoms with Gasteiger partial charge in [0.25, 0.3) is 0 Å². The molecule has 1 amide bonds. The highest BCUT2D eigenvalue weighted by Gasteiger charge is 2.02. The third-order valence-electron chi connectivity index (χ3n) is 1.47. The summed E-state index contributed by atoms with van der Waals surface area (Å²) in [5.74, 6) is 1.09. The zero-order valence-electron chi connectivity index (χ0n) is 8.07. The van der Waals surface area contributed by atoms with Crippen LogP contribution in [0.4, 0.5) is 5.82 Å². The summed E-state index contributed by atoms with van der Waals surface area (Å²) in [6, 6.07) is 1.59. The van der Waals surface area contributed by atoms with Crippen molar-refractivity contribution in [3.8, 4) is 5.88 Å². The number of nitrogens with one attached hydrogen (secondary N) is 1. The lowest BCUT2D eigenvalue weighted by atomic mass is 10.5. The van der Waals surface area contributed by atoms with E-state index >= 15 is 0 Å². The van der Waals surface area contributed by atoms with Crippen LogP contribution < -0.4 is 15.8 Å². The fraction of sp³-hybridized carbons (Fsp3) is 0.375. The van der Waals surface area contributed by atoms with Gasteiger partial charge >= 0.3 is 0 Å². The van der Waals surface area contributed by atoms with Gasteiger partial charge in [-0.2, -0.15) is 4.98 Å². The molecule has 0 bridgehead atoms. The summed E-state index contributed by atoms with van der Waals surface area (Å²) in [4.78, 5) is 18.5. The number of nitrogens with zero attached hydrogens (tertiary/aromatic N) is 2. The number of methoxy groups -OCH3 is 1. The Morgan fingerprint density at radius 2 is 2.36 bits per heavy atom. The largest absolute Gasteiger partial charge is 0.481 e. The number of hydrogen-bond acceptors (Lipinski definition) is 5. The summed E-state index contributed by atoms with van der Waals surface area (Å²) in [6.45, 7) is 1.78. The van der Waals surface area contributed by atoms with Crippen molar-refractivity contribution >= 4 is 11.7 Å². The van der Waals surface area contributed by atoms with Crippen molar-refractivity contribution in [1.29, 1.82) is 0 Å². The maximum Gasteiger partial charge on any atom is 0.236 e. The molecule has 6 nitrogen and oxygen atoms in total. The summed E-state index contributed by atoms with van der Waals surface area (Å²) in [7, 11) is 1.51. The van der Waals surface area contributed by atoms with Crippen LogP contribution in [0.25, 0.3) is 0 Å². The number of hydrogen-bond donors (Lipinski definition) is 2. The van der Waals surface area contributed by atoms with Gasteiger partial charge in [0.2, 0.25) is 11.8 Å². The van der Waals surface area contributed by atoms with Gasteiger partial charge in [-0.3, -0.25) is 4.79 Å². The zero-order valence-corrected chi connectivity index (χ0v) is 8.07. The predicted molar refractivity (Wildman–Crippen MR) is 51.0 cm³/mol. The van der Waals surface area contributed by atoms with Gasteiger partial charge in [0.15, 0.2) is 0 Å². The molecule has 14 heavy (non-hydrogen) atoms. The van der Waals surface area contributed by atoms with Crippen molar-refractivity contribution in [3.05, 3.63) is 11.9 Å². The molecule has 1 aromatic rings. The van der Waals surface area contributed by atoms with Gasteiger partial charge in [-0.15, -0.1) is 0 Å². The third-order valence-corrected chi connectivity index (χ3v) is 1.47. The van der Waals surface area contributed by atoms with Crippen molar-refractivity contribution in [2.24, 2.45) is 5.73 Å². The summed E-state index contributed by atoms with van der Waals surface area (Å²) in [5, 5.41) is 2.75. The van der Waals surface area contributed by atoms with Crippen molar-refractivity contribution in [3.63, 3.8) is 0 Å². The summed E-state index contributed by atoms with van der Waals surface area (Å²) in [5.41, 5.74) is 4.97. The number of anilines is 1. The molecule has 1 heterocycles. The van der Waals surface area contributed by atoms with E-state index in [0.717, 1.165) is 0 Å². The van der Waals surface area contributed by atoms with Crippen LogP contribution in [0.1, 0.15) is 5.82 Å². The number of amides is 1. The highest BCUT2D eigenvalue weighted by Crippen LogP contribution is 2.11. The molecule has 0 saturated carbocycles. The number of aromatic nitrogens is 2. The summed E-state index contributed by atoms with van der Waals surface area (Å²) < 4.78 is 4.94. The molecule has 0 radical (unpaired) electrons. The van der Waals surface area contributed by atoms with E-state index in [1.54, 1.807) is 13.0 Å². The Kier molecular flexibility index (Phi) is 3.22. The molecule has 0 aromatic carbocycles. The minimum atomic E-state index is -0.444. The van der Waals surface area contributed by atoms with Gasteiger partial charge in [0.05, 0.1) is 13.7 Å². The minimum Gasteiger partial charge on any atom is -0.481 e. The van der Waals surface area contributed by atoms with E-state index in [9.17, 15) is 4.79 Å². The Hall–Kier alpha value is -1.85. The van der Waals surface area contributed by atoms with Crippen molar-refractivity contribution in [1.82, 2.24) is 9.97 Å². The first-order valence-corrected chi connectivity index (χ1v) is 4.03. The lowest BCUT2D eigenvalue weighted by molar-refractivity contribution is -0.116. The average molecular weight is 196 g/mol. The average Bonchev–Trinajstić information content (AvgIpc) is 2.14. The number of aryl methyl sites for hydroxylation is 1. The SMILES string of the molecule is COc1cc(NCC(N)=O)nc(C)n1. The molecule has 1 aromatic heterocycles. The number of carbonyl (C=O) groups is 1. The van der Waals surface area contributed by atoms with Gasteiger partial charge in [-0.05, 0) is 6.92 Å². The lowest BCUT2D eigenvalue weighted by Crippen LogP contribution is -2.22. The van der Waals surface area contributed by atoms with Gasteiger partial charge in [0.1, 0.15) is 11.6 Å². The molecule has 0 atom stereocenters. The number of rotatable bonds is 4. The van der Waals surface area contributed by atoms with Crippen LogP contribution in [0.5, 0.6) is 5.88 Å². The van der Waals surface area contributed by atoms with Gasteiger partial charge in [-0.1, -0.05) is 0 Å². The van der Waals surface area contributed by atoms with E-state index < -0.39 is 5.91 Å². The fourth-order valence-corrected chi connectivity index (χ4v) is 0.913. The third kappa shape index (κ3) is 2.89. The maximum absolute atomic E-state index is 10.5. The second kappa shape index (κ2) is 4.40. The highest BCUT2D eigenvalue weighted by atomic mass is 16.5. The smallest absolute Gasteiger partial charge is 0.236 e. The Morgan fingerprint density at radius 1 is 1.64 bits per heavy atom. The first-order chi connectivity index (χ1) is 6.61. The normalized spacial score (nSPS) is 9.57. The van der Waals surface area contributed by atoms with Gasteiger partial charge in [-0.25, -0.2) is 4.98 Å². The van der Waals surface area contributed by atoms with Gasteiger partial charge in [0, 0.05) is 6.07 Å². The number of carbonyl (C=O) groups excluding carboxylic acids is 1. The highest BCUT2D eigenvalue weighted by molar-refractivity contribution is 5.78. The molecular weight excluding hydrogens is 184 g/mol. The zero-order chi connectivity index (χ0) is 10.6. The second-order valence-electron chi connectivity index (χ2n) is 2.66. The topological polar surface area (TPSA) is 90.1 Å². The molecule has 0 aliphatic heterocycles. The molecule has 0 aliphatic carbocycles. The van der Waals surface area contributed by atoms with Crippen LogP contribution in [0.15, 0.2) is 6.07 Å². The Morgan fingerprint density at radius 3 is 2.93 bits per heavy atom. The van der Waals surface area contributed by atoms with Crippen molar-refractivity contribution in [2.45, 2.75) is 6.92 Å². The van der Waals surface area contributed by atoms with Gasteiger partial charge < -0.3 is 15.8 Å². The van der Waals surface area contributed by atoms with E-state index in [-0.39, 0.29) is 6.54 Å². The Labute approximate surface area is 81.5 Å². The van der Waals surface area contributed by atoms with Crippen LogP contribution >= 0.6 is 0 Å². The standard InChI is InChI=1S/C8H12N4O2/c1-5-11-7(10-4-6(9)13)3-8(12-5)14-2/h3H,4H2,1-2H3,(H2,9,13)(H,10,11,12). The molecular formula is C8H12N4O2. The van der Waals surface area contributed by atoms with E-state index in [0.29, 0.717) is 17.5 Å². The fourth-order valence-electron chi connectivity index (χ4n) is 0.913. The first-order valence-electron chi connectivity index (χ1n) is 4.03. The van der Waals surface area contributed by atoms with Crippen LogP contribution in [0, 0.1) is 6.92 Å².